The van der Waals surface area contributed by atoms with Crippen molar-refractivity contribution in [2.45, 2.75) is 33.1 Å². The molecule has 2 aliphatic heterocycles. The lowest BCUT2D eigenvalue weighted by molar-refractivity contribution is 0.361. The Balaban J connectivity index is 0.00000133. The number of rotatable bonds is 2. The summed E-state index contributed by atoms with van der Waals surface area (Å²) in [6, 6.07) is 6.96. The maximum Gasteiger partial charge on any atom is 0.0399 e. The van der Waals surface area contributed by atoms with E-state index in [1.165, 1.54) is 56.7 Å². The van der Waals surface area contributed by atoms with Gasteiger partial charge in [0.15, 0.2) is 0 Å². The van der Waals surface area contributed by atoms with Crippen molar-refractivity contribution in [1.82, 2.24) is 5.32 Å². The molecule has 1 fully saturated rings. The number of nitrogens with one attached hydrogen (secondary N) is 1. The van der Waals surface area contributed by atoms with Gasteiger partial charge in [0.2, 0.25) is 0 Å². The third-order valence-electron chi connectivity index (χ3n) is 4.48. The van der Waals surface area contributed by atoms with Crippen molar-refractivity contribution < 1.29 is 0 Å². The van der Waals surface area contributed by atoms with E-state index in [2.05, 4.69) is 42.3 Å². The van der Waals surface area contributed by atoms with E-state index < -0.39 is 0 Å². The maximum absolute atomic E-state index is 3.51. The highest BCUT2D eigenvalue weighted by atomic mass is 35.5. The van der Waals surface area contributed by atoms with Crippen LogP contribution in [0, 0.1) is 12.3 Å². The molecular formula is C16H25ClN2. The molecule has 1 saturated heterocycles. The molecule has 3 heteroatoms. The van der Waals surface area contributed by atoms with Crippen LogP contribution in [0.25, 0.3) is 0 Å². The third-order valence-corrected chi connectivity index (χ3v) is 4.48. The third kappa shape index (κ3) is 3.06. The lowest BCUT2D eigenvalue weighted by Crippen LogP contribution is -2.40. The Morgan fingerprint density at radius 3 is 2.95 bits per heavy atom. The fourth-order valence-corrected chi connectivity index (χ4v) is 3.43. The van der Waals surface area contributed by atoms with Crippen LogP contribution in [0.3, 0.4) is 0 Å². The van der Waals surface area contributed by atoms with Crippen LogP contribution in [0.1, 0.15) is 30.9 Å². The number of halogens is 1. The quantitative estimate of drug-likeness (QED) is 0.895. The van der Waals surface area contributed by atoms with Crippen molar-refractivity contribution in [2.75, 3.05) is 31.1 Å². The highest BCUT2D eigenvalue weighted by molar-refractivity contribution is 5.85. The minimum atomic E-state index is 0. The Labute approximate surface area is 123 Å². The van der Waals surface area contributed by atoms with Gasteiger partial charge < -0.3 is 10.2 Å². The second kappa shape index (κ2) is 5.72. The van der Waals surface area contributed by atoms with Crippen LogP contribution < -0.4 is 10.2 Å². The molecule has 2 aliphatic rings. The monoisotopic (exact) mass is 280 g/mol. The summed E-state index contributed by atoms with van der Waals surface area (Å²) in [5.41, 5.74) is 4.89. The maximum atomic E-state index is 3.51. The van der Waals surface area contributed by atoms with E-state index in [4.69, 9.17) is 0 Å². The number of nitrogens with zero attached hydrogens (tertiary/aromatic N) is 1. The van der Waals surface area contributed by atoms with E-state index in [0.717, 1.165) is 0 Å². The number of fused-ring (bicyclic) bond motifs is 1. The minimum absolute atomic E-state index is 0. The van der Waals surface area contributed by atoms with Crippen LogP contribution in [0.15, 0.2) is 18.2 Å². The largest absolute Gasteiger partial charge is 0.371 e. The van der Waals surface area contributed by atoms with E-state index in [0.29, 0.717) is 5.41 Å². The molecule has 0 spiro atoms. The Bertz CT molecular complexity index is 438. The molecule has 0 aromatic heterocycles. The van der Waals surface area contributed by atoms with Crippen molar-refractivity contribution in [2.24, 2.45) is 5.41 Å². The van der Waals surface area contributed by atoms with Crippen molar-refractivity contribution in [1.29, 1.82) is 0 Å². The second-order valence-electron chi connectivity index (χ2n) is 6.39. The number of hydrogen-bond acceptors (Lipinski definition) is 2. The SMILES string of the molecule is Cc1ccc2c(c1)CCCN2CC1(C)CCNC1.Cl. The highest BCUT2D eigenvalue weighted by Crippen LogP contribution is 2.33. The zero-order valence-electron chi connectivity index (χ0n) is 12.0. The Morgan fingerprint density at radius 2 is 2.21 bits per heavy atom. The summed E-state index contributed by atoms with van der Waals surface area (Å²) < 4.78 is 0. The molecule has 106 valence electrons. The summed E-state index contributed by atoms with van der Waals surface area (Å²) in [7, 11) is 0. The summed E-state index contributed by atoms with van der Waals surface area (Å²) in [6.07, 6.45) is 3.87. The van der Waals surface area contributed by atoms with Gasteiger partial charge in [0, 0.05) is 25.3 Å². The summed E-state index contributed by atoms with van der Waals surface area (Å²) >= 11 is 0. The summed E-state index contributed by atoms with van der Waals surface area (Å²) in [6.45, 7) is 9.41. The number of anilines is 1. The Kier molecular flexibility index (Phi) is 4.42. The predicted molar refractivity (Wildman–Crippen MR) is 84.6 cm³/mol. The fraction of sp³-hybridized carbons (Fsp3) is 0.625. The number of benzene rings is 1. The fourth-order valence-electron chi connectivity index (χ4n) is 3.43. The van der Waals surface area contributed by atoms with Gasteiger partial charge in [-0.15, -0.1) is 12.4 Å². The van der Waals surface area contributed by atoms with Crippen LogP contribution in [0.5, 0.6) is 0 Å². The molecular weight excluding hydrogens is 256 g/mol. The molecule has 3 rings (SSSR count). The lowest BCUT2D eigenvalue weighted by atomic mass is 9.87. The van der Waals surface area contributed by atoms with Crippen LogP contribution in [0.4, 0.5) is 5.69 Å². The van der Waals surface area contributed by atoms with Crippen molar-refractivity contribution in [3.63, 3.8) is 0 Å². The molecule has 0 radical (unpaired) electrons. The first-order valence-corrected chi connectivity index (χ1v) is 7.22. The van der Waals surface area contributed by atoms with Gasteiger partial charge in [-0.1, -0.05) is 24.6 Å². The average molecular weight is 281 g/mol. The summed E-state index contributed by atoms with van der Waals surface area (Å²) in [4.78, 5) is 2.62. The topological polar surface area (TPSA) is 15.3 Å². The molecule has 0 bridgehead atoms. The first kappa shape index (κ1) is 14.7. The van der Waals surface area contributed by atoms with Crippen LogP contribution in [-0.4, -0.2) is 26.2 Å². The van der Waals surface area contributed by atoms with Gasteiger partial charge >= 0.3 is 0 Å². The van der Waals surface area contributed by atoms with Crippen molar-refractivity contribution >= 4 is 18.1 Å². The van der Waals surface area contributed by atoms with Crippen LogP contribution >= 0.6 is 12.4 Å². The molecule has 1 aromatic carbocycles. The van der Waals surface area contributed by atoms with Gasteiger partial charge in [-0.05, 0) is 49.8 Å². The highest BCUT2D eigenvalue weighted by Gasteiger charge is 2.32. The summed E-state index contributed by atoms with van der Waals surface area (Å²) in [5.74, 6) is 0. The molecule has 1 unspecified atom stereocenters. The standard InChI is InChI=1S/C16H24N2.ClH/c1-13-5-6-15-14(10-13)4-3-9-18(15)12-16(2)7-8-17-11-16;/h5-6,10,17H,3-4,7-9,11-12H2,1-2H3;1H. The van der Waals surface area contributed by atoms with E-state index in [1.807, 2.05) is 0 Å². The normalized spacial score (nSPS) is 25.9. The zero-order valence-corrected chi connectivity index (χ0v) is 12.9. The second-order valence-corrected chi connectivity index (χ2v) is 6.39. The molecule has 19 heavy (non-hydrogen) atoms. The smallest absolute Gasteiger partial charge is 0.0399 e. The first-order chi connectivity index (χ1) is 8.66. The van der Waals surface area contributed by atoms with Crippen LogP contribution in [0.2, 0.25) is 0 Å². The van der Waals surface area contributed by atoms with Gasteiger partial charge in [0.05, 0.1) is 0 Å². The zero-order chi connectivity index (χ0) is 12.6. The van der Waals surface area contributed by atoms with Gasteiger partial charge in [0.1, 0.15) is 0 Å². The average Bonchev–Trinajstić information content (AvgIpc) is 2.76. The van der Waals surface area contributed by atoms with Crippen LogP contribution in [-0.2, 0) is 6.42 Å². The van der Waals surface area contributed by atoms with E-state index in [9.17, 15) is 0 Å². The molecule has 1 aromatic rings. The van der Waals surface area contributed by atoms with Gasteiger partial charge in [0.25, 0.3) is 0 Å². The number of aryl methyl sites for hydroxylation is 2. The van der Waals surface area contributed by atoms with E-state index in [-0.39, 0.29) is 12.4 Å². The van der Waals surface area contributed by atoms with E-state index >= 15 is 0 Å². The minimum Gasteiger partial charge on any atom is -0.371 e. The van der Waals surface area contributed by atoms with Crippen molar-refractivity contribution in [3.05, 3.63) is 29.3 Å². The Hall–Kier alpha value is -0.730. The van der Waals surface area contributed by atoms with Crippen molar-refractivity contribution in [3.8, 4) is 0 Å². The molecule has 1 atom stereocenters. The first-order valence-electron chi connectivity index (χ1n) is 7.22. The Morgan fingerprint density at radius 1 is 1.37 bits per heavy atom. The van der Waals surface area contributed by atoms with Gasteiger partial charge in [-0.25, -0.2) is 0 Å². The van der Waals surface area contributed by atoms with Gasteiger partial charge in [-0.3, -0.25) is 0 Å². The predicted octanol–water partition coefficient (Wildman–Crippen LogP) is 3.17. The molecule has 0 saturated carbocycles. The van der Waals surface area contributed by atoms with E-state index in [1.54, 1.807) is 5.56 Å². The molecule has 0 aliphatic carbocycles. The molecule has 2 nitrogen and oxygen atoms in total. The molecule has 2 heterocycles. The lowest BCUT2D eigenvalue weighted by Gasteiger charge is -2.37. The number of hydrogen-bond donors (Lipinski definition) is 1. The van der Waals surface area contributed by atoms with Gasteiger partial charge in [-0.2, -0.15) is 0 Å². The molecule has 1 N–H and O–H groups in total. The summed E-state index contributed by atoms with van der Waals surface area (Å²) in [5, 5.41) is 3.51. The molecule has 0 amide bonds.